The minimum absolute atomic E-state index is 0.0635. The number of anilines is 1. The highest BCUT2D eigenvalue weighted by Gasteiger charge is 2.24. The summed E-state index contributed by atoms with van der Waals surface area (Å²) >= 11 is 9.23. The molecule has 6 heteroatoms. The lowest BCUT2D eigenvalue weighted by atomic mass is 10.2. The first-order valence-electron chi connectivity index (χ1n) is 6.68. The maximum atomic E-state index is 12.3. The van der Waals surface area contributed by atoms with Gasteiger partial charge in [0.2, 0.25) is 0 Å². The number of hydrogen-bond donors (Lipinski definition) is 0. The molecule has 4 nitrogen and oxygen atoms in total. The molecule has 0 radical (unpaired) electrons. The van der Waals surface area contributed by atoms with Crippen molar-refractivity contribution in [1.29, 1.82) is 0 Å². The zero-order valence-electron chi connectivity index (χ0n) is 11.3. The predicted octanol–water partition coefficient (Wildman–Crippen LogP) is 3.66. The second-order valence-electron chi connectivity index (χ2n) is 4.86. The molecule has 1 fully saturated rings. The summed E-state index contributed by atoms with van der Waals surface area (Å²) < 4.78 is 5.89. The van der Waals surface area contributed by atoms with Crippen molar-refractivity contribution >= 4 is 39.1 Å². The Morgan fingerprint density at radius 2 is 1.90 bits per heavy atom. The van der Waals surface area contributed by atoms with Gasteiger partial charge >= 0.3 is 0 Å². The molecule has 0 spiro atoms. The van der Waals surface area contributed by atoms with Gasteiger partial charge in [0.15, 0.2) is 10.4 Å². The van der Waals surface area contributed by atoms with Gasteiger partial charge in [-0.05, 0) is 46.3 Å². The Bertz CT molecular complexity index is 651. The van der Waals surface area contributed by atoms with Crippen molar-refractivity contribution in [2.24, 2.45) is 0 Å². The van der Waals surface area contributed by atoms with Crippen LogP contribution in [0.25, 0.3) is 0 Å². The molecule has 2 heterocycles. The zero-order chi connectivity index (χ0) is 14.8. The van der Waals surface area contributed by atoms with Crippen LogP contribution in [0.2, 0.25) is 5.02 Å². The van der Waals surface area contributed by atoms with E-state index in [-0.39, 0.29) is 5.91 Å². The minimum atomic E-state index is -0.0635. The summed E-state index contributed by atoms with van der Waals surface area (Å²) in [6.45, 7) is 2.91. The molecule has 1 aliphatic heterocycles. The number of rotatable bonds is 2. The van der Waals surface area contributed by atoms with E-state index in [2.05, 4.69) is 20.8 Å². The molecule has 0 saturated carbocycles. The Balaban J connectivity index is 1.64. The fraction of sp³-hybridized carbons (Fsp3) is 0.267. The third-order valence-electron chi connectivity index (χ3n) is 3.52. The van der Waals surface area contributed by atoms with Crippen LogP contribution in [0.3, 0.4) is 0 Å². The van der Waals surface area contributed by atoms with E-state index >= 15 is 0 Å². The number of carbonyl (C=O) groups is 1. The van der Waals surface area contributed by atoms with E-state index in [1.807, 2.05) is 29.2 Å². The summed E-state index contributed by atoms with van der Waals surface area (Å²) in [5, 5.41) is 0.728. The lowest BCUT2D eigenvalue weighted by molar-refractivity contribution is 0.0713. The Morgan fingerprint density at radius 1 is 1.14 bits per heavy atom. The van der Waals surface area contributed by atoms with Crippen molar-refractivity contribution in [1.82, 2.24) is 4.90 Å². The Labute approximate surface area is 136 Å². The first-order chi connectivity index (χ1) is 10.1. The van der Waals surface area contributed by atoms with Crippen molar-refractivity contribution < 1.29 is 9.21 Å². The molecule has 0 N–H and O–H groups in total. The van der Waals surface area contributed by atoms with Crippen LogP contribution in [-0.2, 0) is 0 Å². The van der Waals surface area contributed by atoms with Gasteiger partial charge in [0, 0.05) is 36.9 Å². The van der Waals surface area contributed by atoms with Crippen molar-refractivity contribution in [2.75, 3.05) is 31.1 Å². The van der Waals surface area contributed by atoms with Gasteiger partial charge in [-0.1, -0.05) is 17.7 Å². The van der Waals surface area contributed by atoms with E-state index in [4.69, 9.17) is 16.0 Å². The monoisotopic (exact) mass is 368 g/mol. The van der Waals surface area contributed by atoms with Crippen LogP contribution in [0, 0.1) is 0 Å². The second-order valence-corrected chi connectivity index (χ2v) is 6.08. The van der Waals surface area contributed by atoms with Gasteiger partial charge in [0.25, 0.3) is 5.91 Å². The van der Waals surface area contributed by atoms with Gasteiger partial charge in [-0.25, -0.2) is 0 Å². The van der Waals surface area contributed by atoms with Crippen LogP contribution in [0.1, 0.15) is 10.6 Å². The molecule has 1 aromatic carbocycles. The molecular formula is C15H14BrClN2O2. The van der Waals surface area contributed by atoms with Gasteiger partial charge in [0.1, 0.15) is 0 Å². The maximum absolute atomic E-state index is 12.3. The number of furan rings is 1. The van der Waals surface area contributed by atoms with Crippen molar-refractivity contribution in [3.05, 3.63) is 51.9 Å². The maximum Gasteiger partial charge on any atom is 0.289 e. The highest BCUT2D eigenvalue weighted by molar-refractivity contribution is 9.10. The third-order valence-corrected chi connectivity index (χ3v) is 4.19. The average Bonchev–Trinajstić information content (AvgIpc) is 2.93. The van der Waals surface area contributed by atoms with Crippen LogP contribution in [0.4, 0.5) is 5.69 Å². The van der Waals surface area contributed by atoms with Crippen molar-refractivity contribution in [3.63, 3.8) is 0 Å². The molecule has 2 aromatic rings. The van der Waals surface area contributed by atoms with Gasteiger partial charge in [-0.2, -0.15) is 0 Å². The fourth-order valence-electron chi connectivity index (χ4n) is 2.43. The molecule has 0 bridgehead atoms. The van der Waals surface area contributed by atoms with E-state index in [0.29, 0.717) is 23.5 Å². The smallest absolute Gasteiger partial charge is 0.289 e. The number of piperazine rings is 1. The molecule has 0 unspecified atom stereocenters. The lowest BCUT2D eigenvalue weighted by Crippen LogP contribution is -2.48. The number of halogens is 2. The van der Waals surface area contributed by atoms with Gasteiger partial charge in [-0.3, -0.25) is 4.79 Å². The molecule has 0 atom stereocenters. The van der Waals surface area contributed by atoms with Crippen LogP contribution in [-0.4, -0.2) is 37.0 Å². The fourth-order valence-corrected chi connectivity index (χ4v) is 2.92. The normalized spacial score (nSPS) is 15.3. The Hall–Kier alpha value is -1.46. The molecule has 0 aliphatic carbocycles. The summed E-state index contributed by atoms with van der Waals surface area (Å²) in [7, 11) is 0. The Morgan fingerprint density at radius 3 is 2.52 bits per heavy atom. The van der Waals surface area contributed by atoms with Crippen molar-refractivity contribution in [2.45, 2.75) is 0 Å². The first kappa shape index (κ1) is 14.5. The summed E-state index contributed by atoms with van der Waals surface area (Å²) in [6.07, 6.45) is 0. The molecule has 3 rings (SSSR count). The molecule has 110 valence electrons. The zero-order valence-corrected chi connectivity index (χ0v) is 13.6. The van der Waals surface area contributed by atoms with E-state index < -0.39 is 0 Å². The van der Waals surface area contributed by atoms with Crippen molar-refractivity contribution in [3.8, 4) is 0 Å². The van der Waals surface area contributed by atoms with Crippen LogP contribution < -0.4 is 4.90 Å². The lowest BCUT2D eigenvalue weighted by Gasteiger charge is -2.35. The number of amides is 1. The highest BCUT2D eigenvalue weighted by Crippen LogP contribution is 2.22. The highest BCUT2D eigenvalue weighted by atomic mass is 79.9. The quantitative estimate of drug-likeness (QED) is 0.810. The predicted molar refractivity (Wildman–Crippen MR) is 86.0 cm³/mol. The number of carbonyl (C=O) groups excluding carboxylic acids is 1. The number of benzene rings is 1. The summed E-state index contributed by atoms with van der Waals surface area (Å²) in [5.41, 5.74) is 1.09. The number of hydrogen-bond acceptors (Lipinski definition) is 3. The minimum Gasteiger partial charge on any atom is -0.444 e. The average molecular weight is 370 g/mol. The van der Waals surface area contributed by atoms with Gasteiger partial charge < -0.3 is 14.2 Å². The largest absolute Gasteiger partial charge is 0.444 e. The molecule has 1 amide bonds. The van der Waals surface area contributed by atoms with Crippen LogP contribution in [0.5, 0.6) is 0 Å². The van der Waals surface area contributed by atoms with Crippen LogP contribution >= 0.6 is 27.5 Å². The first-order valence-corrected chi connectivity index (χ1v) is 7.86. The second kappa shape index (κ2) is 6.12. The SMILES string of the molecule is O=C(c1ccc(Br)o1)N1CCN(c2cccc(Cl)c2)CC1. The van der Waals surface area contributed by atoms with E-state index in [1.165, 1.54) is 0 Å². The summed E-state index contributed by atoms with van der Waals surface area (Å²) in [5.74, 6) is 0.310. The number of nitrogens with zero attached hydrogens (tertiary/aromatic N) is 2. The molecule has 21 heavy (non-hydrogen) atoms. The molecule has 1 aromatic heterocycles. The van der Waals surface area contributed by atoms with E-state index in [9.17, 15) is 4.79 Å². The standard InChI is InChI=1S/C15H14BrClN2O2/c16-14-5-4-13(21-14)15(20)19-8-6-18(7-9-19)12-3-1-2-11(17)10-12/h1-5,10H,6-9H2. The molecular weight excluding hydrogens is 356 g/mol. The van der Waals surface area contributed by atoms with Crippen LogP contribution in [0.15, 0.2) is 45.5 Å². The van der Waals surface area contributed by atoms with E-state index in [0.717, 1.165) is 23.8 Å². The Kier molecular flexibility index (Phi) is 4.22. The summed E-state index contributed by atoms with van der Waals surface area (Å²) in [4.78, 5) is 16.3. The third kappa shape index (κ3) is 3.24. The topological polar surface area (TPSA) is 36.7 Å². The molecule has 1 saturated heterocycles. The molecule has 1 aliphatic rings. The summed E-state index contributed by atoms with van der Waals surface area (Å²) in [6, 6.07) is 11.2. The van der Waals surface area contributed by atoms with Gasteiger partial charge in [-0.15, -0.1) is 0 Å². The van der Waals surface area contributed by atoms with E-state index in [1.54, 1.807) is 12.1 Å². The van der Waals surface area contributed by atoms with Gasteiger partial charge in [0.05, 0.1) is 0 Å².